The average molecular weight is 558 g/mol. The van der Waals surface area contributed by atoms with Crippen LogP contribution in [0.25, 0.3) is 49.7 Å². The Morgan fingerprint density at radius 2 is 1.64 bits per heavy atom. The molecule has 0 fully saturated rings. The van der Waals surface area contributed by atoms with Gasteiger partial charge >= 0.3 is 5.69 Å². The first-order valence-electron chi connectivity index (χ1n) is 15.9. The SMILES string of the molecule is [2H]C([2H])([2H])C(C#N)(c1ccc(-n2c(=O)n(C)c3cnc4cc(C)c(-c5cnc6cc(C)c(C)cc6c5)cc4c32)c(C)c1)C([2H])(C)C. The molecule has 0 N–H and O–H groups in total. The standard InChI is InChI=1S/C36H35N5O/c1-20(2)36(7,19-37)27-9-10-32(24(6)12-27)41-34-29-16-28(23(5)14-31(29)39-18-33(34)40(8)35(41)42)26-15-25-11-21(3)22(4)13-30(25)38-17-26/h9-18,20H,1-8H3/i7D3,20D. The Balaban J connectivity index is 1.61. The van der Waals surface area contributed by atoms with Crippen molar-refractivity contribution in [1.82, 2.24) is 19.1 Å². The summed E-state index contributed by atoms with van der Waals surface area (Å²) in [4.78, 5) is 23.4. The maximum absolute atomic E-state index is 13.9. The third-order valence-electron chi connectivity index (χ3n) is 8.63. The average Bonchev–Trinajstić information content (AvgIpc) is 3.22. The molecule has 6 heteroatoms. The molecule has 1 atom stereocenters. The van der Waals surface area contributed by atoms with Crippen molar-refractivity contribution in [3.8, 4) is 22.9 Å². The molecule has 3 aromatic heterocycles. The summed E-state index contributed by atoms with van der Waals surface area (Å²) in [6.07, 6.45) is 3.57. The summed E-state index contributed by atoms with van der Waals surface area (Å²) in [5.74, 6) is -1.64. The summed E-state index contributed by atoms with van der Waals surface area (Å²) >= 11 is 0. The van der Waals surface area contributed by atoms with Crippen molar-refractivity contribution in [1.29, 1.82) is 5.26 Å². The van der Waals surface area contributed by atoms with Gasteiger partial charge in [-0.15, -0.1) is 0 Å². The zero-order valence-electron chi connectivity index (χ0n) is 28.9. The van der Waals surface area contributed by atoms with Crippen LogP contribution in [0.15, 0.2) is 65.7 Å². The molecule has 3 heterocycles. The maximum Gasteiger partial charge on any atom is 0.333 e. The van der Waals surface area contributed by atoms with E-state index in [1.807, 2.05) is 25.3 Å². The van der Waals surface area contributed by atoms with E-state index < -0.39 is 18.2 Å². The molecule has 0 aliphatic carbocycles. The summed E-state index contributed by atoms with van der Waals surface area (Å²) in [7, 11) is 1.70. The fraction of sp³-hybridized carbons (Fsp3) is 0.278. The van der Waals surface area contributed by atoms with Crippen LogP contribution in [-0.2, 0) is 12.5 Å². The van der Waals surface area contributed by atoms with E-state index in [1.165, 1.54) is 25.0 Å². The molecule has 42 heavy (non-hydrogen) atoms. The van der Waals surface area contributed by atoms with E-state index in [2.05, 4.69) is 38.1 Å². The van der Waals surface area contributed by atoms with Gasteiger partial charge in [-0.05, 0) is 110 Å². The minimum Gasteiger partial charge on any atom is -0.293 e. The predicted octanol–water partition coefficient (Wildman–Crippen LogP) is 7.76. The van der Waals surface area contributed by atoms with Crippen LogP contribution >= 0.6 is 0 Å². The first-order chi connectivity index (χ1) is 21.5. The number of hydrogen-bond acceptors (Lipinski definition) is 4. The largest absolute Gasteiger partial charge is 0.333 e. The van der Waals surface area contributed by atoms with Gasteiger partial charge in [0.2, 0.25) is 0 Å². The number of fused-ring (bicyclic) bond motifs is 4. The quantitative estimate of drug-likeness (QED) is 0.222. The fourth-order valence-electron chi connectivity index (χ4n) is 5.83. The second kappa shape index (κ2) is 9.66. The zero-order chi connectivity index (χ0) is 33.5. The lowest BCUT2D eigenvalue weighted by molar-refractivity contribution is 0.431. The molecular weight excluding hydrogens is 518 g/mol. The third-order valence-corrected chi connectivity index (χ3v) is 8.63. The van der Waals surface area contributed by atoms with Crippen LogP contribution in [-0.4, -0.2) is 19.1 Å². The summed E-state index contributed by atoms with van der Waals surface area (Å²) in [5.41, 5.74) is 7.27. The van der Waals surface area contributed by atoms with Crippen LogP contribution in [0.5, 0.6) is 0 Å². The van der Waals surface area contributed by atoms with E-state index in [-0.39, 0.29) is 11.3 Å². The Morgan fingerprint density at radius 1 is 0.929 bits per heavy atom. The van der Waals surface area contributed by atoms with Crippen molar-refractivity contribution < 1.29 is 5.48 Å². The van der Waals surface area contributed by atoms with Gasteiger partial charge in [0.15, 0.2) is 0 Å². The highest BCUT2D eigenvalue weighted by atomic mass is 16.1. The summed E-state index contributed by atoms with van der Waals surface area (Å²) in [6.45, 7) is 8.10. The monoisotopic (exact) mass is 557 g/mol. The Labute approximate surface area is 251 Å². The van der Waals surface area contributed by atoms with Gasteiger partial charge in [0.1, 0.15) is 0 Å². The number of aryl methyl sites for hydroxylation is 5. The van der Waals surface area contributed by atoms with Crippen molar-refractivity contribution in [3.05, 3.63) is 99.2 Å². The normalized spacial score (nSPS) is 15.2. The van der Waals surface area contributed by atoms with E-state index in [0.717, 1.165) is 38.5 Å². The summed E-state index contributed by atoms with van der Waals surface area (Å²) in [5, 5.41) is 12.0. The second-order valence-electron chi connectivity index (χ2n) is 11.6. The van der Waals surface area contributed by atoms with Crippen LogP contribution in [0.1, 0.15) is 54.0 Å². The van der Waals surface area contributed by atoms with Crippen molar-refractivity contribution in [2.45, 2.75) is 53.8 Å². The van der Waals surface area contributed by atoms with Crippen LogP contribution in [0.4, 0.5) is 0 Å². The number of aromatic nitrogens is 4. The van der Waals surface area contributed by atoms with E-state index >= 15 is 0 Å². The molecule has 0 aliphatic rings. The maximum atomic E-state index is 13.9. The van der Waals surface area contributed by atoms with Gasteiger partial charge in [-0.2, -0.15) is 5.26 Å². The molecule has 0 bridgehead atoms. The van der Waals surface area contributed by atoms with Gasteiger partial charge in [0, 0.05) is 35.1 Å². The van der Waals surface area contributed by atoms with Crippen molar-refractivity contribution in [2.75, 3.05) is 0 Å². The Morgan fingerprint density at radius 3 is 2.33 bits per heavy atom. The molecule has 6 aromatic rings. The number of hydrogen-bond donors (Lipinski definition) is 0. The van der Waals surface area contributed by atoms with Gasteiger partial charge < -0.3 is 0 Å². The van der Waals surface area contributed by atoms with Gasteiger partial charge in [-0.1, -0.05) is 26.0 Å². The van der Waals surface area contributed by atoms with Gasteiger partial charge in [0.05, 0.1) is 45.4 Å². The van der Waals surface area contributed by atoms with Crippen LogP contribution in [0.3, 0.4) is 0 Å². The lowest BCUT2D eigenvalue weighted by Gasteiger charge is -2.27. The Hall–Kier alpha value is -4.76. The summed E-state index contributed by atoms with van der Waals surface area (Å²) in [6, 6.07) is 17.3. The molecule has 3 aromatic carbocycles. The Kier molecular flexibility index (Phi) is 5.26. The molecule has 210 valence electrons. The van der Waals surface area contributed by atoms with Gasteiger partial charge in [-0.25, -0.2) is 4.79 Å². The highest BCUT2D eigenvalue weighted by molar-refractivity contribution is 6.05. The van der Waals surface area contributed by atoms with Crippen molar-refractivity contribution >= 4 is 32.8 Å². The highest BCUT2D eigenvalue weighted by Gasteiger charge is 2.31. The van der Waals surface area contributed by atoms with E-state index in [4.69, 9.17) is 15.5 Å². The molecule has 1 unspecified atom stereocenters. The first-order valence-corrected chi connectivity index (χ1v) is 13.9. The predicted molar refractivity (Wildman–Crippen MR) is 171 cm³/mol. The molecule has 0 aliphatic heterocycles. The number of benzene rings is 3. The summed E-state index contributed by atoms with van der Waals surface area (Å²) < 4.78 is 36.6. The van der Waals surface area contributed by atoms with Crippen LogP contribution in [0.2, 0.25) is 0 Å². The van der Waals surface area contributed by atoms with E-state index in [9.17, 15) is 10.1 Å². The number of rotatable bonds is 4. The third kappa shape index (κ3) is 4.03. The lowest BCUT2D eigenvalue weighted by atomic mass is 9.74. The van der Waals surface area contributed by atoms with Crippen molar-refractivity contribution in [2.24, 2.45) is 12.9 Å². The van der Waals surface area contributed by atoms with Crippen LogP contribution < -0.4 is 5.69 Å². The highest BCUT2D eigenvalue weighted by Crippen LogP contribution is 2.36. The molecule has 0 radical (unpaired) electrons. The fourth-order valence-corrected chi connectivity index (χ4v) is 5.83. The molecular formula is C36H35N5O. The zero-order valence-corrected chi connectivity index (χ0v) is 24.9. The Bertz CT molecular complexity index is 2320. The number of nitrogens with zero attached hydrogens (tertiary/aromatic N) is 5. The molecule has 0 saturated carbocycles. The first kappa shape index (κ1) is 22.9. The van der Waals surface area contributed by atoms with Gasteiger partial charge in [0.25, 0.3) is 0 Å². The van der Waals surface area contributed by atoms with Crippen molar-refractivity contribution in [3.63, 3.8) is 0 Å². The topological polar surface area (TPSA) is 76.5 Å². The minimum atomic E-state index is -2.76. The van der Waals surface area contributed by atoms with Crippen LogP contribution in [0, 0.1) is 44.9 Å². The molecule has 6 nitrogen and oxygen atoms in total. The lowest BCUT2D eigenvalue weighted by Crippen LogP contribution is -2.27. The van der Waals surface area contributed by atoms with Gasteiger partial charge in [-0.3, -0.25) is 19.1 Å². The second-order valence-corrected chi connectivity index (χ2v) is 11.6. The number of imidazole rings is 1. The molecule has 6 rings (SSSR count). The van der Waals surface area contributed by atoms with E-state index in [1.54, 1.807) is 47.5 Å². The number of nitriles is 1. The number of pyridine rings is 2. The molecule has 0 spiro atoms. The smallest absolute Gasteiger partial charge is 0.293 e. The minimum absolute atomic E-state index is 0.211. The molecule has 0 saturated heterocycles. The molecule has 0 amide bonds. The van der Waals surface area contributed by atoms with E-state index in [0.29, 0.717) is 22.3 Å².